The van der Waals surface area contributed by atoms with Crippen molar-refractivity contribution in [1.82, 2.24) is 4.98 Å². The van der Waals surface area contributed by atoms with Crippen LogP contribution in [0.25, 0.3) is 10.9 Å². The smallest absolute Gasteiger partial charge is 0.255 e. The summed E-state index contributed by atoms with van der Waals surface area (Å²) < 4.78 is 0. The van der Waals surface area contributed by atoms with Crippen LogP contribution in [-0.4, -0.2) is 22.7 Å². The van der Waals surface area contributed by atoms with Gasteiger partial charge < -0.3 is 5.32 Å². The molecule has 154 valence electrons. The fourth-order valence-corrected chi connectivity index (χ4v) is 5.82. The molecule has 2 bridgehead atoms. The minimum atomic E-state index is -0.265. The zero-order chi connectivity index (χ0) is 21.1. The lowest BCUT2D eigenvalue weighted by Crippen LogP contribution is -2.32. The molecule has 4 unspecified atom stereocenters. The molecule has 6 rings (SSSR count). The number of benzene rings is 2. The molecule has 3 aliphatic rings. The van der Waals surface area contributed by atoms with Crippen LogP contribution in [0, 0.1) is 23.7 Å². The summed E-state index contributed by atoms with van der Waals surface area (Å²) in [6.45, 7) is 0. The third-order valence-corrected chi connectivity index (χ3v) is 7.20. The van der Waals surface area contributed by atoms with E-state index in [1.807, 2.05) is 30.3 Å². The standard InChI is InChI=1S/C25H21N3O3/c29-23(27-19-5-1-3-14-4-2-12-26-22(14)19)15-8-10-18(11-9-15)28-24(30)20-16-6-7-17(13-16)21(20)25(28)31/h1-5,8-12,16-17,20-21H,6-7,13H2,(H,27,29). The molecule has 1 N–H and O–H groups in total. The van der Waals surface area contributed by atoms with Gasteiger partial charge in [-0.05, 0) is 67.5 Å². The highest BCUT2D eigenvalue weighted by molar-refractivity contribution is 6.22. The van der Waals surface area contributed by atoms with E-state index in [1.165, 1.54) is 4.90 Å². The first-order valence-electron chi connectivity index (χ1n) is 10.7. The summed E-state index contributed by atoms with van der Waals surface area (Å²) in [6, 6.07) is 16.1. The van der Waals surface area contributed by atoms with Gasteiger partial charge in [-0.2, -0.15) is 0 Å². The van der Waals surface area contributed by atoms with Crippen LogP contribution in [0.4, 0.5) is 11.4 Å². The molecule has 31 heavy (non-hydrogen) atoms. The van der Waals surface area contributed by atoms with E-state index < -0.39 is 0 Å². The number of anilines is 2. The lowest BCUT2D eigenvalue weighted by Gasteiger charge is -2.19. The van der Waals surface area contributed by atoms with Crippen molar-refractivity contribution in [3.63, 3.8) is 0 Å². The number of imide groups is 1. The van der Waals surface area contributed by atoms with Crippen molar-refractivity contribution in [2.75, 3.05) is 10.2 Å². The van der Waals surface area contributed by atoms with E-state index in [4.69, 9.17) is 0 Å². The summed E-state index contributed by atoms with van der Waals surface area (Å²) in [5.74, 6) is 0.0222. The van der Waals surface area contributed by atoms with Crippen LogP contribution in [0.2, 0.25) is 0 Å². The molecule has 2 aliphatic carbocycles. The highest BCUT2D eigenvalue weighted by atomic mass is 16.2. The van der Waals surface area contributed by atoms with Crippen molar-refractivity contribution in [2.45, 2.75) is 19.3 Å². The maximum absolute atomic E-state index is 13.0. The Morgan fingerprint density at radius 1 is 0.903 bits per heavy atom. The SMILES string of the molecule is O=C(Nc1cccc2cccnc12)c1ccc(N2C(=O)C3C4CCC(C4)C3C2=O)cc1. The quantitative estimate of drug-likeness (QED) is 0.660. The third kappa shape index (κ3) is 2.71. The monoisotopic (exact) mass is 411 g/mol. The average molecular weight is 411 g/mol. The number of hydrogen-bond donors (Lipinski definition) is 1. The molecule has 1 aromatic heterocycles. The Balaban J connectivity index is 1.24. The van der Waals surface area contributed by atoms with E-state index in [0.29, 0.717) is 28.8 Å². The number of carbonyl (C=O) groups is 3. The molecule has 1 aliphatic heterocycles. The lowest BCUT2D eigenvalue weighted by molar-refractivity contribution is -0.123. The molecule has 1 saturated heterocycles. The summed E-state index contributed by atoms with van der Waals surface area (Å²) in [7, 11) is 0. The second kappa shape index (κ2) is 6.74. The Hall–Kier alpha value is -3.54. The number of carbonyl (C=O) groups excluding carboxylic acids is 3. The molecule has 6 heteroatoms. The van der Waals surface area contributed by atoms with Gasteiger partial charge in [-0.25, -0.2) is 0 Å². The molecule has 3 aromatic rings. The molecule has 0 radical (unpaired) electrons. The number of nitrogens with zero attached hydrogens (tertiary/aromatic N) is 2. The largest absolute Gasteiger partial charge is 0.320 e. The predicted octanol–water partition coefficient (Wildman–Crippen LogP) is 4.02. The van der Waals surface area contributed by atoms with E-state index in [0.717, 1.165) is 30.2 Å². The molecule has 3 amide bonds. The average Bonchev–Trinajstić information content (AvgIpc) is 3.48. The van der Waals surface area contributed by atoms with E-state index in [2.05, 4.69) is 10.3 Å². The van der Waals surface area contributed by atoms with Gasteiger partial charge >= 0.3 is 0 Å². The van der Waals surface area contributed by atoms with Crippen molar-refractivity contribution < 1.29 is 14.4 Å². The Bertz CT molecular complexity index is 1200. The van der Waals surface area contributed by atoms with Crippen LogP contribution >= 0.6 is 0 Å². The summed E-state index contributed by atoms with van der Waals surface area (Å²) in [5.41, 5.74) is 2.37. The fourth-order valence-electron chi connectivity index (χ4n) is 5.82. The Labute approximate surface area is 179 Å². The van der Waals surface area contributed by atoms with Crippen LogP contribution in [-0.2, 0) is 9.59 Å². The second-order valence-corrected chi connectivity index (χ2v) is 8.78. The van der Waals surface area contributed by atoms with Crippen molar-refractivity contribution in [3.8, 4) is 0 Å². The van der Waals surface area contributed by atoms with Crippen molar-refractivity contribution in [1.29, 1.82) is 0 Å². The normalized spacial score (nSPS) is 26.5. The molecular formula is C25H21N3O3. The van der Waals surface area contributed by atoms with Gasteiger partial charge in [0, 0.05) is 17.1 Å². The van der Waals surface area contributed by atoms with Crippen LogP contribution in [0.1, 0.15) is 29.6 Å². The third-order valence-electron chi connectivity index (χ3n) is 7.20. The molecular weight excluding hydrogens is 390 g/mol. The molecule has 6 nitrogen and oxygen atoms in total. The number of hydrogen-bond acceptors (Lipinski definition) is 4. The van der Waals surface area contributed by atoms with Gasteiger partial charge in [0.2, 0.25) is 11.8 Å². The molecule has 4 atom stereocenters. The van der Waals surface area contributed by atoms with E-state index in [-0.39, 0.29) is 29.6 Å². The molecule has 2 saturated carbocycles. The number of nitrogens with one attached hydrogen (secondary N) is 1. The maximum Gasteiger partial charge on any atom is 0.255 e. The summed E-state index contributed by atoms with van der Waals surface area (Å²) in [6.07, 6.45) is 4.82. The summed E-state index contributed by atoms with van der Waals surface area (Å²) in [4.78, 5) is 44.5. The Morgan fingerprint density at radius 2 is 1.58 bits per heavy atom. The van der Waals surface area contributed by atoms with Gasteiger partial charge in [0.05, 0.1) is 28.7 Å². The van der Waals surface area contributed by atoms with Crippen molar-refractivity contribution in [3.05, 3.63) is 66.4 Å². The molecule has 2 aromatic carbocycles. The minimum Gasteiger partial charge on any atom is -0.320 e. The zero-order valence-corrected chi connectivity index (χ0v) is 16.8. The van der Waals surface area contributed by atoms with E-state index in [9.17, 15) is 14.4 Å². The van der Waals surface area contributed by atoms with Gasteiger partial charge in [-0.1, -0.05) is 18.2 Å². The van der Waals surface area contributed by atoms with Gasteiger partial charge in [-0.15, -0.1) is 0 Å². The number of rotatable bonds is 3. The second-order valence-electron chi connectivity index (χ2n) is 8.78. The van der Waals surface area contributed by atoms with Crippen molar-refractivity contribution in [2.24, 2.45) is 23.7 Å². The van der Waals surface area contributed by atoms with Crippen molar-refractivity contribution >= 4 is 40.0 Å². The topological polar surface area (TPSA) is 79.4 Å². The number of para-hydroxylation sites is 1. The van der Waals surface area contributed by atoms with Crippen LogP contribution in [0.3, 0.4) is 0 Å². The Kier molecular flexibility index (Phi) is 3.96. The molecule has 0 spiro atoms. The number of pyridine rings is 1. The first-order chi connectivity index (χ1) is 15.1. The fraction of sp³-hybridized carbons (Fsp3) is 0.280. The summed E-state index contributed by atoms with van der Waals surface area (Å²) in [5, 5.41) is 3.86. The number of amides is 3. The molecule has 3 fully saturated rings. The van der Waals surface area contributed by atoms with E-state index >= 15 is 0 Å². The highest BCUT2D eigenvalue weighted by Crippen LogP contribution is 2.56. The van der Waals surface area contributed by atoms with Crippen LogP contribution in [0.15, 0.2) is 60.8 Å². The zero-order valence-electron chi connectivity index (χ0n) is 16.8. The number of fused-ring (bicyclic) bond motifs is 6. The first kappa shape index (κ1) is 18.2. The van der Waals surface area contributed by atoms with E-state index in [1.54, 1.807) is 30.5 Å². The summed E-state index contributed by atoms with van der Waals surface area (Å²) >= 11 is 0. The predicted molar refractivity (Wildman–Crippen MR) is 116 cm³/mol. The van der Waals surface area contributed by atoms with Gasteiger partial charge in [0.1, 0.15) is 0 Å². The highest BCUT2D eigenvalue weighted by Gasteiger charge is 2.61. The van der Waals surface area contributed by atoms with Gasteiger partial charge in [-0.3, -0.25) is 24.3 Å². The van der Waals surface area contributed by atoms with Gasteiger partial charge in [0.15, 0.2) is 0 Å². The van der Waals surface area contributed by atoms with Crippen LogP contribution in [0.5, 0.6) is 0 Å². The lowest BCUT2D eigenvalue weighted by atomic mass is 9.81. The maximum atomic E-state index is 13.0. The number of aromatic nitrogens is 1. The van der Waals surface area contributed by atoms with Crippen LogP contribution < -0.4 is 10.2 Å². The minimum absolute atomic E-state index is 0.0683. The first-order valence-corrected chi connectivity index (χ1v) is 10.7. The van der Waals surface area contributed by atoms with Gasteiger partial charge in [0.25, 0.3) is 5.91 Å². The molecule has 2 heterocycles. The Morgan fingerprint density at radius 3 is 2.29 bits per heavy atom.